The van der Waals surface area contributed by atoms with E-state index in [1.54, 1.807) is 0 Å². The van der Waals surface area contributed by atoms with Crippen molar-refractivity contribution in [2.24, 2.45) is 11.7 Å². The maximum absolute atomic E-state index is 10.4. The highest BCUT2D eigenvalue weighted by molar-refractivity contribution is 4.90. The molecule has 2 atom stereocenters. The number of piperidine rings is 1. The third kappa shape index (κ3) is 3.91. The molecule has 0 aliphatic carbocycles. The Labute approximate surface area is 117 Å². The average Bonchev–Trinajstić information content (AvgIpc) is 2.77. The Hall–Kier alpha value is -0.160. The average molecular weight is 269 g/mol. The van der Waals surface area contributed by atoms with Gasteiger partial charge in [0.25, 0.3) is 0 Å². The Morgan fingerprint density at radius 1 is 1.21 bits per heavy atom. The highest BCUT2D eigenvalue weighted by Gasteiger charge is 2.34. The molecule has 2 fully saturated rings. The smallest absolute Gasteiger partial charge is 0.0768 e. The van der Waals surface area contributed by atoms with Crippen LogP contribution in [0.25, 0.3) is 0 Å². The maximum atomic E-state index is 10.4. The molecular weight excluding hydrogens is 238 g/mol. The Bertz CT molecular complexity index is 285. The minimum Gasteiger partial charge on any atom is -0.389 e. The molecule has 4 nitrogen and oxygen atoms in total. The minimum absolute atomic E-state index is 0.305. The van der Waals surface area contributed by atoms with Crippen LogP contribution in [-0.4, -0.2) is 65.3 Å². The first-order valence-corrected chi connectivity index (χ1v) is 7.83. The molecular formula is C15H31N3O. The second kappa shape index (κ2) is 6.08. The van der Waals surface area contributed by atoms with Crippen LogP contribution < -0.4 is 5.73 Å². The molecule has 19 heavy (non-hydrogen) atoms. The summed E-state index contributed by atoms with van der Waals surface area (Å²) in [6.45, 7) is 11.5. The van der Waals surface area contributed by atoms with Gasteiger partial charge in [-0.3, -0.25) is 9.80 Å². The molecule has 0 saturated carbocycles. The monoisotopic (exact) mass is 269 g/mol. The number of nitrogens with two attached hydrogens (primary N) is 1. The molecule has 0 radical (unpaired) electrons. The fraction of sp³-hybridized carbons (Fsp3) is 1.00. The summed E-state index contributed by atoms with van der Waals surface area (Å²) in [5, 5.41) is 10.4. The molecule has 2 aliphatic rings. The molecule has 2 rings (SSSR count). The van der Waals surface area contributed by atoms with Crippen LogP contribution in [0.15, 0.2) is 0 Å². The number of hydrogen-bond donors (Lipinski definition) is 2. The molecule has 2 heterocycles. The van der Waals surface area contributed by atoms with Crippen molar-refractivity contribution < 1.29 is 5.11 Å². The van der Waals surface area contributed by atoms with Crippen LogP contribution in [0.4, 0.5) is 0 Å². The number of aliphatic hydroxyl groups is 1. The van der Waals surface area contributed by atoms with Gasteiger partial charge in [-0.2, -0.15) is 0 Å². The maximum Gasteiger partial charge on any atom is 0.0768 e. The number of hydrogen-bond acceptors (Lipinski definition) is 4. The highest BCUT2D eigenvalue weighted by atomic mass is 16.3. The van der Waals surface area contributed by atoms with Gasteiger partial charge in [-0.05, 0) is 51.7 Å². The van der Waals surface area contributed by atoms with Crippen LogP contribution in [0, 0.1) is 5.92 Å². The van der Waals surface area contributed by atoms with Crippen molar-refractivity contribution in [2.45, 2.75) is 57.7 Å². The van der Waals surface area contributed by atoms with E-state index in [-0.39, 0.29) is 0 Å². The van der Waals surface area contributed by atoms with E-state index in [0.29, 0.717) is 18.0 Å². The summed E-state index contributed by atoms with van der Waals surface area (Å²) in [5.41, 5.74) is 5.40. The first-order chi connectivity index (χ1) is 8.88. The van der Waals surface area contributed by atoms with Crippen molar-refractivity contribution in [3.8, 4) is 0 Å². The lowest BCUT2D eigenvalue weighted by molar-refractivity contribution is -0.0152. The summed E-state index contributed by atoms with van der Waals surface area (Å²) in [5.74, 6) is 0.305. The van der Waals surface area contributed by atoms with Crippen molar-refractivity contribution >= 4 is 0 Å². The standard InChI is InChI=1S/C15H31N3O/c1-12(2)15(3,19)11-17-7-6-14(10-17)18-8-4-13(16)5-9-18/h12-14,19H,4-11,16H2,1-3H3. The van der Waals surface area contributed by atoms with Crippen LogP contribution in [0.1, 0.15) is 40.0 Å². The van der Waals surface area contributed by atoms with Crippen molar-refractivity contribution in [2.75, 3.05) is 32.7 Å². The van der Waals surface area contributed by atoms with Gasteiger partial charge in [-0.15, -0.1) is 0 Å². The third-order valence-electron chi connectivity index (χ3n) is 5.13. The van der Waals surface area contributed by atoms with E-state index in [4.69, 9.17) is 5.73 Å². The second-order valence-corrected chi connectivity index (χ2v) is 7.06. The fourth-order valence-corrected chi connectivity index (χ4v) is 3.17. The van der Waals surface area contributed by atoms with Gasteiger partial charge in [0.15, 0.2) is 0 Å². The summed E-state index contributed by atoms with van der Waals surface area (Å²) < 4.78 is 0. The third-order valence-corrected chi connectivity index (χ3v) is 5.13. The SMILES string of the molecule is CC(C)C(C)(O)CN1CCC(N2CCC(N)CC2)C1. The van der Waals surface area contributed by atoms with Gasteiger partial charge in [-0.1, -0.05) is 13.8 Å². The first kappa shape index (κ1) is 15.2. The molecule has 112 valence electrons. The zero-order chi connectivity index (χ0) is 14.0. The topological polar surface area (TPSA) is 52.7 Å². The molecule has 0 aromatic rings. The second-order valence-electron chi connectivity index (χ2n) is 7.06. The molecule has 0 spiro atoms. The molecule has 2 saturated heterocycles. The van der Waals surface area contributed by atoms with Crippen LogP contribution in [0.3, 0.4) is 0 Å². The Morgan fingerprint density at radius 2 is 1.84 bits per heavy atom. The van der Waals surface area contributed by atoms with E-state index in [1.807, 2.05) is 6.92 Å². The predicted molar refractivity (Wildman–Crippen MR) is 79.1 cm³/mol. The summed E-state index contributed by atoms with van der Waals surface area (Å²) in [6, 6.07) is 1.09. The Kier molecular flexibility index (Phi) is 4.88. The molecule has 2 aliphatic heterocycles. The van der Waals surface area contributed by atoms with Crippen molar-refractivity contribution in [3.05, 3.63) is 0 Å². The zero-order valence-electron chi connectivity index (χ0n) is 12.8. The lowest BCUT2D eigenvalue weighted by atomic mass is 9.92. The quantitative estimate of drug-likeness (QED) is 0.796. The zero-order valence-corrected chi connectivity index (χ0v) is 12.8. The van der Waals surface area contributed by atoms with E-state index < -0.39 is 5.60 Å². The Morgan fingerprint density at radius 3 is 2.42 bits per heavy atom. The lowest BCUT2D eigenvalue weighted by Crippen LogP contribution is -2.48. The van der Waals surface area contributed by atoms with Crippen molar-refractivity contribution in [1.29, 1.82) is 0 Å². The van der Waals surface area contributed by atoms with Crippen LogP contribution in [0.2, 0.25) is 0 Å². The normalized spacial score (nSPS) is 30.9. The summed E-state index contributed by atoms with van der Waals surface area (Å²) in [6.07, 6.45) is 3.52. The predicted octanol–water partition coefficient (Wildman–Crippen LogP) is 0.891. The molecule has 4 heteroatoms. The van der Waals surface area contributed by atoms with E-state index >= 15 is 0 Å². The van der Waals surface area contributed by atoms with Crippen LogP contribution in [0.5, 0.6) is 0 Å². The summed E-state index contributed by atoms with van der Waals surface area (Å²) in [4.78, 5) is 5.03. The fourth-order valence-electron chi connectivity index (χ4n) is 3.17. The van der Waals surface area contributed by atoms with Crippen molar-refractivity contribution in [1.82, 2.24) is 9.80 Å². The molecule has 0 bridgehead atoms. The van der Waals surface area contributed by atoms with E-state index in [2.05, 4.69) is 23.6 Å². The van der Waals surface area contributed by atoms with Gasteiger partial charge in [-0.25, -0.2) is 0 Å². The van der Waals surface area contributed by atoms with Gasteiger partial charge < -0.3 is 10.8 Å². The number of rotatable bonds is 4. The van der Waals surface area contributed by atoms with Gasteiger partial charge in [0.1, 0.15) is 0 Å². The van der Waals surface area contributed by atoms with Gasteiger partial charge in [0, 0.05) is 25.2 Å². The van der Waals surface area contributed by atoms with Crippen LogP contribution in [-0.2, 0) is 0 Å². The Balaban J connectivity index is 1.80. The molecule has 3 N–H and O–H groups in total. The van der Waals surface area contributed by atoms with Gasteiger partial charge >= 0.3 is 0 Å². The molecule has 0 amide bonds. The summed E-state index contributed by atoms with van der Waals surface area (Å²) in [7, 11) is 0. The molecule has 0 aromatic heterocycles. The van der Waals surface area contributed by atoms with E-state index in [9.17, 15) is 5.11 Å². The molecule has 2 unspecified atom stereocenters. The largest absolute Gasteiger partial charge is 0.389 e. The van der Waals surface area contributed by atoms with Crippen LogP contribution >= 0.6 is 0 Å². The number of likely N-dealkylation sites (tertiary alicyclic amines) is 2. The van der Waals surface area contributed by atoms with E-state index in [1.165, 1.54) is 6.42 Å². The lowest BCUT2D eigenvalue weighted by Gasteiger charge is -2.36. The van der Waals surface area contributed by atoms with E-state index in [0.717, 1.165) is 45.6 Å². The van der Waals surface area contributed by atoms with Gasteiger partial charge in [0.05, 0.1) is 5.60 Å². The minimum atomic E-state index is -0.570. The van der Waals surface area contributed by atoms with Gasteiger partial charge in [0.2, 0.25) is 0 Å². The highest BCUT2D eigenvalue weighted by Crippen LogP contribution is 2.24. The number of β-amino-alcohol motifs (C(OH)–C–C–N with tert-alkyl or cyclic N) is 1. The van der Waals surface area contributed by atoms with Crippen molar-refractivity contribution in [3.63, 3.8) is 0 Å². The first-order valence-electron chi connectivity index (χ1n) is 7.83. The number of nitrogens with zero attached hydrogens (tertiary/aromatic N) is 2. The summed E-state index contributed by atoms with van der Waals surface area (Å²) >= 11 is 0. The molecule has 0 aromatic carbocycles.